The van der Waals surface area contributed by atoms with Gasteiger partial charge < -0.3 is 14.6 Å². The van der Waals surface area contributed by atoms with E-state index in [-0.39, 0.29) is 12.1 Å². The van der Waals surface area contributed by atoms with Crippen LogP contribution in [0.5, 0.6) is 0 Å². The maximum atomic E-state index is 11.9. The van der Waals surface area contributed by atoms with E-state index in [1.807, 2.05) is 52.0 Å². The van der Waals surface area contributed by atoms with Crippen LogP contribution >= 0.6 is 11.8 Å². The third kappa shape index (κ3) is 4.66. The molecule has 1 aromatic rings. The second-order valence-corrected chi connectivity index (χ2v) is 7.61. The average Bonchev–Trinajstić information content (AvgIpc) is 2.86. The number of thioether (sulfide) groups is 1. The van der Waals surface area contributed by atoms with Crippen molar-refractivity contribution in [3.05, 3.63) is 18.2 Å². The van der Waals surface area contributed by atoms with Gasteiger partial charge in [-0.25, -0.2) is 9.78 Å². The first-order valence-electron chi connectivity index (χ1n) is 7.46. The van der Waals surface area contributed by atoms with Gasteiger partial charge >= 0.3 is 6.09 Å². The van der Waals surface area contributed by atoms with Gasteiger partial charge in [-0.15, -0.1) is 0 Å². The van der Waals surface area contributed by atoms with Crippen molar-refractivity contribution in [2.75, 3.05) is 11.5 Å². The Kier molecular flexibility index (Phi) is 5.19. The molecule has 2 unspecified atom stereocenters. The first-order chi connectivity index (χ1) is 9.87. The molecule has 5 nitrogen and oxygen atoms in total. The summed E-state index contributed by atoms with van der Waals surface area (Å²) in [5, 5.41) is 2.89. The normalized spacial score (nSPS) is 20.9. The molecule has 0 bridgehead atoms. The molecular formula is C15H25N3O2S. The fraction of sp³-hybridized carbons (Fsp3) is 0.733. The maximum Gasteiger partial charge on any atom is 0.408 e. The van der Waals surface area contributed by atoms with Gasteiger partial charge in [0.2, 0.25) is 0 Å². The predicted octanol–water partition coefficient (Wildman–Crippen LogP) is 3.54. The Morgan fingerprint density at radius 2 is 2.33 bits per heavy atom. The van der Waals surface area contributed by atoms with Gasteiger partial charge in [-0.1, -0.05) is 0 Å². The van der Waals surface area contributed by atoms with Crippen molar-refractivity contribution in [2.45, 2.75) is 58.2 Å². The number of carbonyl (C=O) groups is 1. The molecule has 2 atom stereocenters. The highest BCUT2D eigenvalue weighted by molar-refractivity contribution is 7.99. The lowest BCUT2D eigenvalue weighted by Crippen LogP contribution is -2.35. The Morgan fingerprint density at radius 1 is 1.57 bits per heavy atom. The SMILES string of the molecule is CC(NC(=O)OC(C)(C)C)c1cncn1C1CCCSC1. The second kappa shape index (κ2) is 6.73. The Bertz CT molecular complexity index is 476. The standard InChI is InChI=1S/C15H25N3O2S/c1-11(17-14(19)20-15(2,3)4)13-8-16-10-18(13)12-6-5-7-21-9-12/h8,10-12H,5-7,9H2,1-4H3,(H,17,19). The number of amides is 1. The van der Waals surface area contributed by atoms with Crippen LogP contribution in [-0.4, -0.2) is 32.8 Å². The Hall–Kier alpha value is -1.17. The maximum absolute atomic E-state index is 11.9. The summed E-state index contributed by atoms with van der Waals surface area (Å²) in [6, 6.07) is 0.360. The van der Waals surface area contributed by atoms with Crippen LogP contribution in [0.1, 0.15) is 58.3 Å². The van der Waals surface area contributed by atoms with E-state index in [1.165, 1.54) is 18.6 Å². The number of hydrogen-bond acceptors (Lipinski definition) is 4. The van der Waals surface area contributed by atoms with Gasteiger partial charge in [-0.2, -0.15) is 11.8 Å². The summed E-state index contributed by atoms with van der Waals surface area (Å²) in [4.78, 5) is 16.1. The third-order valence-corrected chi connectivity index (χ3v) is 4.60. The zero-order chi connectivity index (χ0) is 15.5. The molecule has 6 heteroatoms. The molecule has 2 rings (SSSR count). The molecule has 1 aromatic heterocycles. The Morgan fingerprint density at radius 3 is 2.95 bits per heavy atom. The van der Waals surface area contributed by atoms with E-state index in [0.717, 1.165) is 11.4 Å². The number of hydrogen-bond donors (Lipinski definition) is 1. The summed E-state index contributed by atoms with van der Waals surface area (Å²) in [7, 11) is 0. The highest BCUT2D eigenvalue weighted by Crippen LogP contribution is 2.29. The molecular weight excluding hydrogens is 286 g/mol. The van der Waals surface area contributed by atoms with Crippen LogP contribution in [0.4, 0.5) is 4.79 Å². The molecule has 0 spiro atoms. The monoisotopic (exact) mass is 311 g/mol. The van der Waals surface area contributed by atoms with Gasteiger partial charge in [0.25, 0.3) is 0 Å². The molecule has 2 heterocycles. The minimum absolute atomic E-state index is 0.116. The smallest absolute Gasteiger partial charge is 0.408 e. The fourth-order valence-electron chi connectivity index (χ4n) is 2.46. The fourth-order valence-corrected chi connectivity index (χ4v) is 3.59. The average molecular weight is 311 g/mol. The summed E-state index contributed by atoms with van der Waals surface area (Å²) in [6.07, 6.45) is 5.73. The van der Waals surface area contributed by atoms with Crippen LogP contribution in [0, 0.1) is 0 Å². The minimum Gasteiger partial charge on any atom is -0.444 e. The van der Waals surface area contributed by atoms with Gasteiger partial charge in [0, 0.05) is 11.8 Å². The molecule has 0 aromatic carbocycles. The van der Waals surface area contributed by atoms with Crippen LogP contribution in [0.2, 0.25) is 0 Å². The lowest BCUT2D eigenvalue weighted by Gasteiger charge is -2.27. The molecule has 118 valence electrons. The largest absolute Gasteiger partial charge is 0.444 e. The van der Waals surface area contributed by atoms with Crippen LogP contribution in [0.3, 0.4) is 0 Å². The Labute approximate surface area is 130 Å². The first kappa shape index (κ1) is 16.2. The number of nitrogens with zero attached hydrogens (tertiary/aromatic N) is 2. The molecule has 1 saturated heterocycles. The summed E-state index contributed by atoms with van der Waals surface area (Å²) in [5.74, 6) is 2.36. The lowest BCUT2D eigenvalue weighted by molar-refractivity contribution is 0.0506. The molecule has 1 aliphatic rings. The van der Waals surface area contributed by atoms with E-state index in [9.17, 15) is 4.79 Å². The van der Waals surface area contributed by atoms with E-state index in [0.29, 0.717) is 6.04 Å². The second-order valence-electron chi connectivity index (χ2n) is 6.46. The van der Waals surface area contributed by atoms with E-state index >= 15 is 0 Å². The molecule has 1 amide bonds. The minimum atomic E-state index is -0.482. The predicted molar refractivity (Wildman–Crippen MR) is 85.6 cm³/mol. The number of nitrogens with one attached hydrogen (secondary N) is 1. The van der Waals surface area contributed by atoms with Gasteiger partial charge in [0.1, 0.15) is 5.60 Å². The zero-order valence-electron chi connectivity index (χ0n) is 13.3. The van der Waals surface area contributed by atoms with E-state index in [4.69, 9.17) is 4.74 Å². The van der Waals surface area contributed by atoms with E-state index < -0.39 is 5.60 Å². The number of imidazole rings is 1. The van der Waals surface area contributed by atoms with Gasteiger partial charge in [-0.3, -0.25) is 0 Å². The van der Waals surface area contributed by atoms with Crippen LogP contribution in [0.15, 0.2) is 12.5 Å². The first-order valence-corrected chi connectivity index (χ1v) is 8.61. The number of ether oxygens (including phenoxy) is 1. The van der Waals surface area contributed by atoms with Crippen LogP contribution < -0.4 is 5.32 Å². The van der Waals surface area contributed by atoms with Crippen LogP contribution in [0.25, 0.3) is 0 Å². The van der Waals surface area contributed by atoms with Crippen molar-refractivity contribution in [3.8, 4) is 0 Å². The molecule has 1 aliphatic heterocycles. The number of alkyl carbamates (subject to hydrolysis) is 1. The van der Waals surface area contributed by atoms with E-state index in [2.05, 4.69) is 14.9 Å². The summed E-state index contributed by atoms with van der Waals surface area (Å²) < 4.78 is 7.51. The van der Waals surface area contributed by atoms with E-state index in [1.54, 1.807) is 0 Å². The highest BCUT2D eigenvalue weighted by Gasteiger charge is 2.23. The van der Waals surface area contributed by atoms with Crippen molar-refractivity contribution in [3.63, 3.8) is 0 Å². The highest BCUT2D eigenvalue weighted by atomic mass is 32.2. The molecule has 21 heavy (non-hydrogen) atoms. The van der Waals surface area contributed by atoms with Gasteiger partial charge in [-0.05, 0) is 46.3 Å². The molecule has 1 N–H and O–H groups in total. The number of rotatable bonds is 3. The number of carbonyl (C=O) groups excluding carboxylic acids is 1. The summed E-state index contributed by atoms with van der Waals surface area (Å²) in [6.45, 7) is 7.55. The third-order valence-electron chi connectivity index (χ3n) is 3.40. The van der Waals surface area contributed by atoms with Gasteiger partial charge in [0.05, 0.1) is 24.3 Å². The summed E-state index contributed by atoms with van der Waals surface area (Å²) >= 11 is 1.98. The van der Waals surface area contributed by atoms with Gasteiger partial charge in [0.15, 0.2) is 0 Å². The van der Waals surface area contributed by atoms with Crippen molar-refractivity contribution in [2.24, 2.45) is 0 Å². The molecule has 1 fully saturated rings. The van der Waals surface area contributed by atoms with Crippen molar-refractivity contribution >= 4 is 17.9 Å². The topological polar surface area (TPSA) is 56.1 Å². The van der Waals surface area contributed by atoms with Crippen molar-refractivity contribution in [1.82, 2.24) is 14.9 Å². The quantitative estimate of drug-likeness (QED) is 0.927. The molecule has 0 saturated carbocycles. The lowest BCUT2D eigenvalue weighted by atomic mass is 10.1. The molecule has 0 aliphatic carbocycles. The van der Waals surface area contributed by atoms with Crippen molar-refractivity contribution < 1.29 is 9.53 Å². The van der Waals surface area contributed by atoms with Crippen LogP contribution in [-0.2, 0) is 4.74 Å². The number of aromatic nitrogens is 2. The summed E-state index contributed by atoms with van der Waals surface area (Å²) in [5.41, 5.74) is 0.553. The molecule has 0 radical (unpaired) electrons. The van der Waals surface area contributed by atoms with Crippen molar-refractivity contribution in [1.29, 1.82) is 0 Å². The zero-order valence-corrected chi connectivity index (χ0v) is 14.1. The Balaban J connectivity index is 2.01.